The zero-order chi connectivity index (χ0) is 16.9. The molecule has 6 heteroatoms. The van der Waals surface area contributed by atoms with Crippen LogP contribution in [0.2, 0.25) is 0 Å². The lowest BCUT2D eigenvalue weighted by Crippen LogP contribution is -2.28. The van der Waals surface area contributed by atoms with E-state index in [-0.39, 0.29) is 12.8 Å². The van der Waals surface area contributed by atoms with Gasteiger partial charge in [0, 0.05) is 12.2 Å². The highest BCUT2D eigenvalue weighted by atomic mass is 16.7. The minimum absolute atomic E-state index is 0.240. The van der Waals surface area contributed by atoms with E-state index in [1.54, 1.807) is 0 Å². The lowest BCUT2D eigenvalue weighted by atomic mass is 10.2. The Labute approximate surface area is 140 Å². The van der Waals surface area contributed by atoms with Crippen molar-refractivity contribution in [3.05, 3.63) is 47.5 Å². The van der Waals surface area contributed by atoms with E-state index in [0.717, 1.165) is 28.3 Å². The van der Waals surface area contributed by atoms with Crippen molar-refractivity contribution in [1.29, 1.82) is 0 Å². The molecule has 0 aromatic heterocycles. The maximum atomic E-state index is 12.1. The number of rotatable bonds is 5. The molecule has 1 aliphatic heterocycles. The average molecular weight is 328 g/mol. The SMILES string of the molecule is CCOc1ccc(NC(=O)NCc2ccc3c(c2)OCO3)c(C)c1. The summed E-state index contributed by atoms with van der Waals surface area (Å²) in [6.45, 7) is 5.12. The Morgan fingerprint density at radius 2 is 2.00 bits per heavy atom. The number of urea groups is 1. The highest BCUT2D eigenvalue weighted by Crippen LogP contribution is 2.32. The van der Waals surface area contributed by atoms with Crippen LogP contribution in [0.15, 0.2) is 36.4 Å². The van der Waals surface area contributed by atoms with Gasteiger partial charge in [0.15, 0.2) is 11.5 Å². The van der Waals surface area contributed by atoms with E-state index in [2.05, 4.69) is 10.6 Å². The number of nitrogens with one attached hydrogen (secondary N) is 2. The molecule has 2 amide bonds. The van der Waals surface area contributed by atoms with Crippen LogP contribution >= 0.6 is 0 Å². The molecule has 0 fully saturated rings. The zero-order valence-corrected chi connectivity index (χ0v) is 13.7. The van der Waals surface area contributed by atoms with Crippen LogP contribution in [-0.4, -0.2) is 19.4 Å². The molecule has 24 heavy (non-hydrogen) atoms. The first-order valence-electron chi connectivity index (χ1n) is 7.82. The lowest BCUT2D eigenvalue weighted by Gasteiger charge is -2.12. The van der Waals surface area contributed by atoms with Gasteiger partial charge < -0.3 is 24.8 Å². The van der Waals surface area contributed by atoms with Crippen molar-refractivity contribution in [3.63, 3.8) is 0 Å². The van der Waals surface area contributed by atoms with Crippen LogP contribution in [0.5, 0.6) is 17.2 Å². The third-order valence-corrected chi connectivity index (χ3v) is 3.65. The van der Waals surface area contributed by atoms with Crippen LogP contribution in [0.25, 0.3) is 0 Å². The van der Waals surface area contributed by atoms with Gasteiger partial charge in [-0.25, -0.2) is 4.79 Å². The smallest absolute Gasteiger partial charge is 0.319 e. The monoisotopic (exact) mass is 328 g/mol. The summed E-state index contributed by atoms with van der Waals surface area (Å²) in [5.74, 6) is 2.23. The first kappa shape index (κ1) is 16.0. The minimum atomic E-state index is -0.264. The van der Waals surface area contributed by atoms with Crippen LogP contribution in [0.3, 0.4) is 0 Å². The van der Waals surface area contributed by atoms with Crippen molar-refractivity contribution in [2.45, 2.75) is 20.4 Å². The molecule has 1 heterocycles. The number of carbonyl (C=O) groups excluding carboxylic acids is 1. The molecule has 0 spiro atoms. The van der Waals surface area contributed by atoms with Crippen LogP contribution in [0.1, 0.15) is 18.1 Å². The quantitative estimate of drug-likeness (QED) is 0.882. The topological polar surface area (TPSA) is 68.8 Å². The largest absolute Gasteiger partial charge is 0.494 e. The predicted octanol–water partition coefficient (Wildman–Crippen LogP) is 3.44. The Bertz CT molecular complexity index is 746. The summed E-state index contributed by atoms with van der Waals surface area (Å²) in [6, 6.07) is 10.9. The molecule has 0 unspecified atom stereocenters. The van der Waals surface area contributed by atoms with Gasteiger partial charge in [0.25, 0.3) is 0 Å². The van der Waals surface area contributed by atoms with Gasteiger partial charge in [-0.15, -0.1) is 0 Å². The van der Waals surface area contributed by atoms with E-state index in [0.29, 0.717) is 18.9 Å². The van der Waals surface area contributed by atoms with Gasteiger partial charge in [0.2, 0.25) is 6.79 Å². The molecule has 0 atom stereocenters. The molecular weight excluding hydrogens is 308 g/mol. The van der Waals surface area contributed by atoms with Crippen molar-refractivity contribution in [3.8, 4) is 17.2 Å². The van der Waals surface area contributed by atoms with Gasteiger partial charge in [-0.3, -0.25) is 0 Å². The summed E-state index contributed by atoms with van der Waals surface area (Å²) in [6.07, 6.45) is 0. The van der Waals surface area contributed by atoms with Gasteiger partial charge in [-0.05, 0) is 55.3 Å². The lowest BCUT2D eigenvalue weighted by molar-refractivity contribution is 0.174. The second-order valence-corrected chi connectivity index (χ2v) is 5.41. The van der Waals surface area contributed by atoms with E-state index < -0.39 is 0 Å². The van der Waals surface area contributed by atoms with Gasteiger partial charge in [-0.1, -0.05) is 6.07 Å². The fraction of sp³-hybridized carbons (Fsp3) is 0.278. The molecule has 6 nitrogen and oxygen atoms in total. The Balaban J connectivity index is 1.56. The summed E-state index contributed by atoms with van der Waals surface area (Å²) >= 11 is 0. The number of anilines is 1. The summed E-state index contributed by atoms with van der Waals surface area (Å²) in [5, 5.41) is 5.67. The fourth-order valence-electron chi connectivity index (χ4n) is 2.43. The van der Waals surface area contributed by atoms with E-state index in [1.807, 2.05) is 50.2 Å². The van der Waals surface area contributed by atoms with Crippen LogP contribution in [-0.2, 0) is 6.54 Å². The number of benzene rings is 2. The summed E-state index contributed by atoms with van der Waals surface area (Å²) in [4.78, 5) is 12.1. The maximum Gasteiger partial charge on any atom is 0.319 e. The highest BCUT2D eigenvalue weighted by Gasteiger charge is 2.13. The van der Waals surface area contributed by atoms with Crippen molar-refractivity contribution in [2.24, 2.45) is 0 Å². The first-order chi connectivity index (χ1) is 11.7. The van der Waals surface area contributed by atoms with Gasteiger partial charge in [0.05, 0.1) is 6.61 Å². The molecule has 2 N–H and O–H groups in total. The molecule has 1 aliphatic rings. The average Bonchev–Trinajstić information content (AvgIpc) is 3.03. The Kier molecular flexibility index (Phi) is 4.74. The number of aryl methyl sites for hydroxylation is 1. The normalized spacial score (nSPS) is 11.9. The molecule has 2 aromatic carbocycles. The molecule has 126 valence electrons. The number of hydrogen-bond donors (Lipinski definition) is 2. The van der Waals surface area contributed by atoms with Crippen molar-refractivity contribution < 1.29 is 19.0 Å². The minimum Gasteiger partial charge on any atom is -0.494 e. The summed E-state index contributed by atoms with van der Waals surface area (Å²) in [5.41, 5.74) is 2.64. The standard InChI is InChI=1S/C18H20N2O4/c1-3-22-14-5-6-15(12(2)8-14)20-18(21)19-10-13-4-7-16-17(9-13)24-11-23-16/h4-9H,3,10-11H2,1-2H3,(H2,19,20,21). The first-order valence-corrected chi connectivity index (χ1v) is 7.82. The third-order valence-electron chi connectivity index (χ3n) is 3.65. The third kappa shape index (κ3) is 3.71. The van der Waals surface area contributed by atoms with Crippen molar-refractivity contribution >= 4 is 11.7 Å². The van der Waals surface area contributed by atoms with Crippen LogP contribution in [0, 0.1) is 6.92 Å². The Morgan fingerprint density at radius 3 is 2.79 bits per heavy atom. The number of ether oxygens (including phenoxy) is 3. The highest BCUT2D eigenvalue weighted by molar-refractivity contribution is 5.90. The molecule has 0 saturated heterocycles. The van der Waals surface area contributed by atoms with E-state index in [1.165, 1.54) is 0 Å². The number of carbonyl (C=O) groups is 1. The van der Waals surface area contributed by atoms with Crippen LogP contribution in [0.4, 0.5) is 10.5 Å². The van der Waals surface area contributed by atoms with Gasteiger partial charge in [0.1, 0.15) is 5.75 Å². The van der Waals surface area contributed by atoms with Crippen LogP contribution < -0.4 is 24.8 Å². The summed E-state index contributed by atoms with van der Waals surface area (Å²) in [7, 11) is 0. The molecule has 0 radical (unpaired) electrons. The van der Waals surface area contributed by atoms with Gasteiger partial charge >= 0.3 is 6.03 Å². The Morgan fingerprint density at radius 1 is 1.17 bits per heavy atom. The molecule has 0 aliphatic carbocycles. The number of hydrogen-bond acceptors (Lipinski definition) is 4. The molecule has 0 bridgehead atoms. The molecular formula is C18H20N2O4. The number of amides is 2. The molecule has 3 rings (SSSR count). The number of fused-ring (bicyclic) bond motifs is 1. The predicted molar refractivity (Wildman–Crippen MR) is 90.8 cm³/mol. The molecule has 0 saturated carbocycles. The fourth-order valence-corrected chi connectivity index (χ4v) is 2.43. The maximum absolute atomic E-state index is 12.1. The van der Waals surface area contributed by atoms with E-state index in [9.17, 15) is 4.79 Å². The second-order valence-electron chi connectivity index (χ2n) is 5.41. The second kappa shape index (κ2) is 7.12. The molecule has 2 aromatic rings. The Hall–Kier alpha value is -2.89. The van der Waals surface area contributed by atoms with E-state index in [4.69, 9.17) is 14.2 Å². The summed E-state index contributed by atoms with van der Waals surface area (Å²) < 4.78 is 16.0. The van der Waals surface area contributed by atoms with Crippen molar-refractivity contribution in [1.82, 2.24) is 5.32 Å². The van der Waals surface area contributed by atoms with Gasteiger partial charge in [-0.2, -0.15) is 0 Å². The van der Waals surface area contributed by atoms with E-state index >= 15 is 0 Å². The zero-order valence-electron chi connectivity index (χ0n) is 13.7. The van der Waals surface area contributed by atoms with Crippen molar-refractivity contribution in [2.75, 3.05) is 18.7 Å².